The molecule has 1 aromatic carbocycles. The van der Waals surface area contributed by atoms with Crippen LogP contribution in [0.3, 0.4) is 0 Å². The number of aromatic nitrogens is 1. The summed E-state index contributed by atoms with van der Waals surface area (Å²) in [6.45, 7) is 8.55. The lowest BCUT2D eigenvalue weighted by molar-refractivity contribution is -0.122. The first-order valence-corrected chi connectivity index (χ1v) is 9.58. The Morgan fingerprint density at radius 1 is 1.15 bits per heavy atom. The maximum absolute atomic E-state index is 8.36. The lowest BCUT2D eigenvalue weighted by Crippen LogP contribution is -2.12. The zero-order chi connectivity index (χ0) is 19.4. The van der Waals surface area contributed by atoms with Crippen molar-refractivity contribution in [2.75, 3.05) is 0 Å². The van der Waals surface area contributed by atoms with Crippen molar-refractivity contribution in [1.29, 1.82) is 0 Å². The summed E-state index contributed by atoms with van der Waals surface area (Å²) in [5.74, 6) is 1.99. The van der Waals surface area contributed by atoms with Crippen LogP contribution in [-0.2, 0) is 4.79 Å². The number of carbonyl (C=O) groups is 1. The van der Waals surface area contributed by atoms with E-state index in [9.17, 15) is 0 Å². The van der Waals surface area contributed by atoms with Gasteiger partial charge in [0.05, 0.1) is 5.52 Å². The summed E-state index contributed by atoms with van der Waals surface area (Å²) in [6, 6.07) is 8.49. The largest absolute Gasteiger partial charge is 0.483 e. The SMILES string of the molecule is C/C=C/c1ccc2cc(C)cnc2c1.CC(C)C1CCCCC1.O=CO. The van der Waals surface area contributed by atoms with E-state index in [0.29, 0.717) is 0 Å². The molecule has 0 atom stereocenters. The fourth-order valence-electron chi connectivity index (χ4n) is 3.35. The van der Waals surface area contributed by atoms with E-state index in [0.717, 1.165) is 17.4 Å². The van der Waals surface area contributed by atoms with Crippen LogP contribution in [0.25, 0.3) is 17.0 Å². The van der Waals surface area contributed by atoms with Crippen LogP contribution in [0.4, 0.5) is 0 Å². The topological polar surface area (TPSA) is 50.2 Å². The Morgan fingerprint density at radius 3 is 2.35 bits per heavy atom. The summed E-state index contributed by atoms with van der Waals surface area (Å²) in [5, 5.41) is 8.10. The van der Waals surface area contributed by atoms with Crippen LogP contribution in [0.15, 0.2) is 36.5 Å². The molecule has 0 bridgehead atoms. The molecule has 0 unspecified atom stereocenters. The van der Waals surface area contributed by atoms with Crippen LogP contribution < -0.4 is 0 Å². The highest BCUT2D eigenvalue weighted by molar-refractivity contribution is 5.81. The summed E-state index contributed by atoms with van der Waals surface area (Å²) >= 11 is 0. The average molecular weight is 356 g/mol. The molecule has 1 fully saturated rings. The van der Waals surface area contributed by atoms with Crippen LogP contribution in [0, 0.1) is 18.8 Å². The molecule has 3 nitrogen and oxygen atoms in total. The number of rotatable bonds is 2. The quantitative estimate of drug-likeness (QED) is 0.625. The van der Waals surface area contributed by atoms with Gasteiger partial charge in [0.1, 0.15) is 0 Å². The van der Waals surface area contributed by atoms with Gasteiger partial charge in [-0.15, -0.1) is 0 Å². The average Bonchev–Trinajstić information content (AvgIpc) is 2.64. The Hall–Kier alpha value is -2.16. The predicted molar refractivity (Wildman–Crippen MR) is 111 cm³/mol. The van der Waals surface area contributed by atoms with Gasteiger partial charge in [0.25, 0.3) is 6.47 Å². The molecule has 26 heavy (non-hydrogen) atoms. The molecule has 0 aliphatic heterocycles. The molecule has 3 rings (SSSR count). The summed E-state index contributed by atoms with van der Waals surface area (Å²) in [4.78, 5) is 12.8. The number of fused-ring (bicyclic) bond motifs is 1. The molecule has 1 aromatic heterocycles. The van der Waals surface area contributed by atoms with Crippen LogP contribution >= 0.6 is 0 Å². The maximum Gasteiger partial charge on any atom is 0.290 e. The molecule has 1 heterocycles. The monoisotopic (exact) mass is 355 g/mol. The first-order valence-electron chi connectivity index (χ1n) is 9.58. The van der Waals surface area contributed by atoms with Gasteiger partial charge in [0.15, 0.2) is 0 Å². The highest BCUT2D eigenvalue weighted by atomic mass is 16.3. The zero-order valence-electron chi connectivity index (χ0n) is 16.6. The van der Waals surface area contributed by atoms with Crippen molar-refractivity contribution in [3.63, 3.8) is 0 Å². The highest BCUT2D eigenvalue weighted by Crippen LogP contribution is 2.29. The number of benzene rings is 1. The third-order valence-corrected chi connectivity index (χ3v) is 4.80. The number of aryl methyl sites for hydroxylation is 1. The van der Waals surface area contributed by atoms with Gasteiger partial charge < -0.3 is 5.11 Å². The Bertz CT molecular complexity index is 686. The number of nitrogens with zero attached hydrogens (tertiary/aromatic N) is 1. The van der Waals surface area contributed by atoms with Crippen molar-refractivity contribution in [1.82, 2.24) is 4.98 Å². The third-order valence-electron chi connectivity index (χ3n) is 4.80. The van der Waals surface area contributed by atoms with Gasteiger partial charge in [0.2, 0.25) is 0 Å². The Balaban J connectivity index is 0.000000243. The van der Waals surface area contributed by atoms with Crippen molar-refractivity contribution in [3.8, 4) is 0 Å². The van der Waals surface area contributed by atoms with E-state index in [1.165, 1.54) is 48.6 Å². The van der Waals surface area contributed by atoms with E-state index in [2.05, 4.69) is 56.1 Å². The van der Waals surface area contributed by atoms with E-state index in [-0.39, 0.29) is 6.47 Å². The first kappa shape index (κ1) is 21.9. The summed E-state index contributed by atoms with van der Waals surface area (Å²) in [5.41, 5.74) is 3.47. The summed E-state index contributed by atoms with van der Waals surface area (Å²) in [7, 11) is 0. The summed E-state index contributed by atoms with van der Waals surface area (Å²) in [6.07, 6.45) is 13.5. The molecule has 3 heteroatoms. The van der Waals surface area contributed by atoms with Crippen molar-refractivity contribution < 1.29 is 9.90 Å². The minimum absolute atomic E-state index is 0.250. The second kappa shape index (κ2) is 12.2. The molecule has 1 N–H and O–H groups in total. The summed E-state index contributed by atoms with van der Waals surface area (Å²) < 4.78 is 0. The number of hydrogen-bond acceptors (Lipinski definition) is 2. The Labute approximate surface area is 158 Å². The predicted octanol–water partition coefficient (Wildman–Crippen LogP) is 6.50. The van der Waals surface area contributed by atoms with Crippen LogP contribution in [0.5, 0.6) is 0 Å². The molecule has 142 valence electrons. The molecule has 0 saturated heterocycles. The van der Waals surface area contributed by atoms with Crippen LogP contribution in [0.1, 0.15) is 64.0 Å². The maximum atomic E-state index is 8.36. The molecule has 0 spiro atoms. The molecule has 1 aliphatic rings. The number of carboxylic acid groups (broad SMARTS) is 1. The van der Waals surface area contributed by atoms with Crippen molar-refractivity contribution in [2.45, 2.75) is 59.8 Å². The van der Waals surface area contributed by atoms with E-state index in [1.807, 2.05) is 19.2 Å². The van der Waals surface area contributed by atoms with Crippen LogP contribution in [-0.4, -0.2) is 16.6 Å². The molecule has 2 aromatic rings. The minimum atomic E-state index is -0.250. The zero-order valence-corrected chi connectivity index (χ0v) is 16.6. The molecular formula is C23H33NO2. The smallest absolute Gasteiger partial charge is 0.290 e. The van der Waals surface area contributed by atoms with Gasteiger partial charge >= 0.3 is 0 Å². The van der Waals surface area contributed by atoms with E-state index in [1.54, 1.807) is 0 Å². The van der Waals surface area contributed by atoms with Crippen molar-refractivity contribution >= 4 is 23.5 Å². The van der Waals surface area contributed by atoms with Gasteiger partial charge in [-0.3, -0.25) is 9.78 Å². The fourth-order valence-corrected chi connectivity index (χ4v) is 3.35. The normalized spacial score (nSPS) is 14.5. The minimum Gasteiger partial charge on any atom is -0.483 e. The lowest BCUT2D eigenvalue weighted by atomic mass is 9.82. The second-order valence-corrected chi connectivity index (χ2v) is 7.21. The number of allylic oxidation sites excluding steroid dienone is 1. The Kier molecular flexibility index (Phi) is 10.3. The molecule has 1 saturated carbocycles. The standard InChI is InChI=1S/C13H13N.C9H18.CH2O2/c1-3-4-11-5-6-12-7-10(2)9-14-13(12)8-11;1-8(2)9-6-4-3-5-7-9;2-1-3/h3-9H,1-2H3;8-9H,3-7H2,1-2H3;1H,(H,2,3)/b4-3+;;. The van der Waals surface area contributed by atoms with E-state index in [4.69, 9.17) is 9.90 Å². The fraction of sp³-hybridized carbons (Fsp3) is 0.478. The van der Waals surface area contributed by atoms with Gasteiger partial charge in [-0.05, 0) is 48.9 Å². The second-order valence-electron chi connectivity index (χ2n) is 7.21. The van der Waals surface area contributed by atoms with Crippen LogP contribution in [0.2, 0.25) is 0 Å². The van der Waals surface area contributed by atoms with Crippen molar-refractivity contribution in [3.05, 3.63) is 47.7 Å². The molecular weight excluding hydrogens is 322 g/mol. The van der Waals surface area contributed by atoms with Gasteiger partial charge in [-0.1, -0.05) is 70.2 Å². The van der Waals surface area contributed by atoms with Gasteiger partial charge in [-0.2, -0.15) is 0 Å². The molecule has 0 radical (unpaired) electrons. The van der Waals surface area contributed by atoms with E-state index < -0.39 is 0 Å². The number of hydrogen-bond donors (Lipinski definition) is 1. The first-order chi connectivity index (χ1) is 12.5. The van der Waals surface area contributed by atoms with Crippen molar-refractivity contribution in [2.24, 2.45) is 11.8 Å². The Morgan fingerprint density at radius 2 is 1.81 bits per heavy atom. The third kappa shape index (κ3) is 7.81. The highest BCUT2D eigenvalue weighted by Gasteiger charge is 2.15. The van der Waals surface area contributed by atoms with E-state index >= 15 is 0 Å². The number of pyridine rings is 1. The lowest BCUT2D eigenvalue weighted by Gasteiger charge is -2.24. The van der Waals surface area contributed by atoms with Gasteiger partial charge in [0, 0.05) is 11.6 Å². The molecule has 1 aliphatic carbocycles. The molecule has 0 amide bonds. The van der Waals surface area contributed by atoms with Gasteiger partial charge in [-0.25, -0.2) is 0 Å².